The number of nitrogens with one attached hydrogen (secondary N) is 2. The zero-order valence-corrected chi connectivity index (χ0v) is 11.3. The summed E-state index contributed by atoms with van der Waals surface area (Å²) in [4.78, 5) is 11.6. The Hall–Kier alpha value is -2.43. The molecule has 1 aromatic heterocycles. The van der Waals surface area contributed by atoms with Crippen molar-refractivity contribution in [2.75, 3.05) is 10.6 Å². The lowest BCUT2D eigenvalue weighted by atomic mass is 10.2. The lowest BCUT2D eigenvalue weighted by Crippen LogP contribution is -2.14. The van der Waals surface area contributed by atoms with E-state index in [9.17, 15) is 4.79 Å². The Balaban J connectivity index is 1.63. The minimum Gasteiger partial charge on any atom is -0.339 e. The maximum Gasteiger partial charge on any atom is 0.228 e. The number of carbonyl (C=O) groups excluding carboxylic acids is 1. The largest absolute Gasteiger partial charge is 0.339 e. The first-order valence-corrected chi connectivity index (χ1v) is 6.69. The molecule has 0 spiro atoms. The van der Waals surface area contributed by atoms with Gasteiger partial charge in [0, 0.05) is 11.6 Å². The lowest BCUT2D eigenvalue weighted by molar-refractivity contribution is -0.117. The van der Waals surface area contributed by atoms with Crippen LogP contribution in [0.15, 0.2) is 36.4 Å². The van der Waals surface area contributed by atoms with Crippen molar-refractivity contribution in [1.82, 2.24) is 10.2 Å². The summed E-state index contributed by atoms with van der Waals surface area (Å²) in [5.41, 5.74) is 2.17. The van der Waals surface area contributed by atoms with Crippen LogP contribution in [0.5, 0.6) is 0 Å². The molecule has 1 amide bonds. The van der Waals surface area contributed by atoms with Crippen molar-refractivity contribution in [3.63, 3.8) is 0 Å². The van der Waals surface area contributed by atoms with Gasteiger partial charge in [0.2, 0.25) is 5.91 Å². The first kappa shape index (κ1) is 12.6. The number of hydrogen-bond donors (Lipinski definition) is 2. The Morgan fingerprint density at radius 3 is 2.30 bits per heavy atom. The second kappa shape index (κ2) is 5.28. The molecule has 5 heteroatoms. The molecule has 3 rings (SSSR count). The van der Waals surface area contributed by atoms with E-state index in [4.69, 9.17) is 0 Å². The summed E-state index contributed by atoms with van der Waals surface area (Å²) in [5, 5.41) is 14.0. The molecule has 20 heavy (non-hydrogen) atoms. The molecule has 5 nitrogen and oxygen atoms in total. The van der Waals surface area contributed by atoms with E-state index in [1.54, 1.807) is 12.1 Å². The van der Waals surface area contributed by atoms with Crippen molar-refractivity contribution >= 4 is 23.2 Å². The quantitative estimate of drug-likeness (QED) is 0.894. The maximum atomic E-state index is 11.6. The average molecular weight is 268 g/mol. The summed E-state index contributed by atoms with van der Waals surface area (Å²) >= 11 is 0. The highest BCUT2D eigenvalue weighted by Crippen LogP contribution is 2.29. The minimum absolute atomic E-state index is 0.0403. The van der Waals surface area contributed by atoms with Gasteiger partial charge in [-0.25, -0.2) is 0 Å². The van der Waals surface area contributed by atoms with Gasteiger partial charge in [-0.1, -0.05) is 17.7 Å². The highest BCUT2D eigenvalue weighted by molar-refractivity contribution is 5.93. The summed E-state index contributed by atoms with van der Waals surface area (Å²) in [7, 11) is 0. The first-order chi connectivity index (χ1) is 9.70. The molecule has 1 aliphatic rings. The van der Waals surface area contributed by atoms with Crippen molar-refractivity contribution < 1.29 is 4.79 Å². The predicted molar refractivity (Wildman–Crippen MR) is 77.8 cm³/mol. The second-order valence-corrected chi connectivity index (χ2v) is 5.06. The fourth-order valence-corrected chi connectivity index (χ4v) is 1.82. The number of amides is 1. The number of aryl methyl sites for hydroxylation is 1. The van der Waals surface area contributed by atoms with Crippen molar-refractivity contribution in [2.24, 2.45) is 5.92 Å². The van der Waals surface area contributed by atoms with Gasteiger partial charge >= 0.3 is 0 Å². The summed E-state index contributed by atoms with van der Waals surface area (Å²) in [6.07, 6.45) is 1.96. The third kappa shape index (κ3) is 3.12. The van der Waals surface area contributed by atoms with Crippen molar-refractivity contribution in [1.29, 1.82) is 0 Å². The molecule has 0 aliphatic heterocycles. The van der Waals surface area contributed by atoms with E-state index in [1.807, 2.05) is 31.2 Å². The Morgan fingerprint density at radius 1 is 1.05 bits per heavy atom. The Labute approximate surface area is 117 Å². The number of hydrogen-bond acceptors (Lipinski definition) is 4. The van der Waals surface area contributed by atoms with E-state index in [0.29, 0.717) is 11.6 Å². The van der Waals surface area contributed by atoms with Gasteiger partial charge < -0.3 is 10.6 Å². The Morgan fingerprint density at radius 2 is 1.70 bits per heavy atom. The van der Waals surface area contributed by atoms with Crippen LogP contribution in [0.1, 0.15) is 18.4 Å². The van der Waals surface area contributed by atoms with Gasteiger partial charge in [0.05, 0.1) is 0 Å². The van der Waals surface area contributed by atoms with Crippen LogP contribution >= 0.6 is 0 Å². The summed E-state index contributed by atoms with van der Waals surface area (Å²) in [6.45, 7) is 2.04. The van der Waals surface area contributed by atoms with Crippen LogP contribution < -0.4 is 10.6 Å². The highest BCUT2D eigenvalue weighted by atomic mass is 16.2. The molecule has 1 heterocycles. The Bertz CT molecular complexity index is 603. The number of benzene rings is 1. The molecule has 2 N–H and O–H groups in total. The van der Waals surface area contributed by atoms with E-state index in [-0.39, 0.29) is 11.8 Å². The van der Waals surface area contributed by atoms with Gasteiger partial charge in [-0.2, -0.15) is 0 Å². The lowest BCUT2D eigenvalue weighted by Gasteiger charge is -2.06. The second-order valence-electron chi connectivity index (χ2n) is 5.06. The summed E-state index contributed by atoms with van der Waals surface area (Å²) in [6, 6.07) is 11.6. The molecule has 1 aliphatic carbocycles. The van der Waals surface area contributed by atoms with E-state index in [1.165, 1.54) is 5.56 Å². The van der Waals surface area contributed by atoms with E-state index in [2.05, 4.69) is 20.8 Å². The third-order valence-corrected chi connectivity index (χ3v) is 3.19. The number of nitrogens with zero attached hydrogens (tertiary/aromatic N) is 2. The highest BCUT2D eigenvalue weighted by Gasteiger charge is 2.29. The molecule has 0 unspecified atom stereocenters. The number of carbonyl (C=O) groups is 1. The SMILES string of the molecule is Cc1ccc(Nc2ccc(NC(=O)C3CC3)nn2)cc1. The van der Waals surface area contributed by atoms with Gasteiger partial charge in [0.25, 0.3) is 0 Å². The standard InChI is InChI=1S/C15H16N4O/c1-10-2-6-12(7-3-10)16-13-8-9-14(19-18-13)17-15(20)11-4-5-11/h2-3,6-9,11H,4-5H2,1H3,(H,16,18)(H,17,19,20). The van der Waals surface area contributed by atoms with Crippen LogP contribution in [-0.4, -0.2) is 16.1 Å². The molecule has 1 saturated carbocycles. The van der Waals surface area contributed by atoms with Crippen LogP contribution in [0.4, 0.5) is 17.3 Å². The third-order valence-electron chi connectivity index (χ3n) is 3.19. The van der Waals surface area contributed by atoms with Crippen molar-refractivity contribution in [2.45, 2.75) is 19.8 Å². The topological polar surface area (TPSA) is 66.9 Å². The molecule has 0 radical (unpaired) electrons. The van der Waals surface area contributed by atoms with Gasteiger partial charge in [-0.05, 0) is 44.0 Å². The van der Waals surface area contributed by atoms with Crippen LogP contribution in [0.25, 0.3) is 0 Å². The van der Waals surface area contributed by atoms with Crippen molar-refractivity contribution in [3.05, 3.63) is 42.0 Å². The smallest absolute Gasteiger partial charge is 0.228 e. The fraction of sp³-hybridized carbons (Fsp3) is 0.267. The van der Waals surface area contributed by atoms with Crippen molar-refractivity contribution in [3.8, 4) is 0 Å². The summed E-state index contributed by atoms with van der Waals surface area (Å²) in [5.74, 6) is 1.36. The van der Waals surface area contributed by atoms with Gasteiger partial charge in [0.15, 0.2) is 11.6 Å². The zero-order valence-electron chi connectivity index (χ0n) is 11.3. The van der Waals surface area contributed by atoms with Gasteiger partial charge in [-0.15, -0.1) is 10.2 Å². The normalized spacial score (nSPS) is 13.8. The Kier molecular flexibility index (Phi) is 3.33. The van der Waals surface area contributed by atoms with E-state index >= 15 is 0 Å². The maximum absolute atomic E-state index is 11.6. The first-order valence-electron chi connectivity index (χ1n) is 6.69. The number of aromatic nitrogens is 2. The van der Waals surface area contributed by atoms with Crippen LogP contribution in [0.2, 0.25) is 0 Å². The number of rotatable bonds is 4. The summed E-state index contributed by atoms with van der Waals surface area (Å²) < 4.78 is 0. The van der Waals surface area contributed by atoms with Crippen LogP contribution in [0.3, 0.4) is 0 Å². The molecule has 0 bridgehead atoms. The molecule has 102 valence electrons. The molecule has 1 fully saturated rings. The predicted octanol–water partition coefficient (Wildman–Crippen LogP) is 2.88. The molecular weight excluding hydrogens is 252 g/mol. The molecule has 2 aromatic rings. The fourth-order valence-electron chi connectivity index (χ4n) is 1.82. The number of anilines is 3. The molecule has 0 saturated heterocycles. The monoisotopic (exact) mass is 268 g/mol. The molecule has 1 aromatic carbocycles. The minimum atomic E-state index is 0.0403. The van der Waals surface area contributed by atoms with Gasteiger partial charge in [0.1, 0.15) is 0 Å². The zero-order chi connectivity index (χ0) is 13.9. The van der Waals surface area contributed by atoms with Crippen LogP contribution in [0, 0.1) is 12.8 Å². The van der Waals surface area contributed by atoms with Crippen LogP contribution in [-0.2, 0) is 4.79 Å². The van der Waals surface area contributed by atoms with Gasteiger partial charge in [-0.3, -0.25) is 4.79 Å². The average Bonchev–Trinajstić information content (AvgIpc) is 3.28. The molecule has 0 atom stereocenters. The van der Waals surface area contributed by atoms with E-state index < -0.39 is 0 Å². The van der Waals surface area contributed by atoms with E-state index in [0.717, 1.165) is 18.5 Å². The molecular formula is C15H16N4O.